The van der Waals surface area contributed by atoms with Gasteiger partial charge in [-0.3, -0.25) is 0 Å². The molecule has 0 aromatic heterocycles. The van der Waals surface area contributed by atoms with Crippen LogP contribution >= 0.6 is 7.92 Å². The third-order valence-electron chi connectivity index (χ3n) is 4.79. The zero-order chi connectivity index (χ0) is 20.5. The molecule has 0 atom stereocenters. The van der Waals surface area contributed by atoms with Gasteiger partial charge in [0.05, 0.1) is 0 Å². The molecule has 0 heterocycles. The smallest absolute Gasteiger partial charge is 0 e. The first-order chi connectivity index (χ1) is 14.1. The molecule has 0 unspecified atom stereocenters. The van der Waals surface area contributed by atoms with Crippen molar-refractivity contribution in [1.29, 1.82) is 0 Å². The van der Waals surface area contributed by atoms with Gasteiger partial charge < -0.3 is 0 Å². The summed E-state index contributed by atoms with van der Waals surface area (Å²) < 4.78 is 0. The van der Waals surface area contributed by atoms with Crippen LogP contribution in [0.15, 0.2) is 115 Å². The van der Waals surface area contributed by atoms with E-state index in [1.807, 2.05) is 0 Å². The molecule has 0 spiro atoms. The summed E-state index contributed by atoms with van der Waals surface area (Å²) in [6.45, 7) is 6.54. The molecule has 4 aromatic carbocycles. The summed E-state index contributed by atoms with van der Waals surface area (Å²) in [4.78, 5) is 0. The van der Waals surface area contributed by atoms with Crippen LogP contribution < -0.4 is 15.9 Å². The second kappa shape index (κ2) is 12.6. The Morgan fingerprint density at radius 2 is 0.833 bits per heavy atom. The minimum Gasteiger partial charge on any atom is -0.0622 e. The van der Waals surface area contributed by atoms with Crippen molar-refractivity contribution in [3.05, 3.63) is 126 Å². The van der Waals surface area contributed by atoms with Crippen LogP contribution in [0, 0.1) is 6.92 Å². The van der Waals surface area contributed by atoms with Gasteiger partial charge in [0, 0.05) is 19.5 Å². The molecular weight excluding hydrogens is 468 g/mol. The van der Waals surface area contributed by atoms with Gasteiger partial charge in [0.2, 0.25) is 0 Å². The fourth-order valence-corrected chi connectivity index (χ4v) is 5.44. The Labute approximate surface area is 195 Å². The molecule has 0 saturated carbocycles. The first kappa shape index (κ1) is 24.2. The Morgan fingerprint density at radius 3 is 1.13 bits per heavy atom. The molecule has 0 aliphatic carbocycles. The normalized spacial score (nSPS) is 10.2. The fourth-order valence-electron chi connectivity index (χ4n) is 3.13. The van der Waals surface area contributed by atoms with Crippen molar-refractivity contribution in [3.63, 3.8) is 0 Å². The summed E-state index contributed by atoms with van der Waals surface area (Å²) in [6.07, 6.45) is 0. The van der Waals surface area contributed by atoms with Crippen molar-refractivity contribution in [2.24, 2.45) is 0 Å². The molecule has 0 saturated heterocycles. The number of rotatable bonds is 4. The minimum atomic E-state index is -0.446. The molecule has 154 valence electrons. The molecule has 0 fully saturated rings. The Hall–Kier alpha value is -2.07. The van der Waals surface area contributed by atoms with E-state index >= 15 is 0 Å². The second-order valence-electron chi connectivity index (χ2n) is 7.41. The zero-order valence-electron chi connectivity index (χ0n) is 17.8. The van der Waals surface area contributed by atoms with Crippen LogP contribution in [0.2, 0.25) is 0 Å². The third kappa shape index (κ3) is 7.02. The fraction of sp³-hybridized carbons (Fsp3) is 0.143. The maximum atomic E-state index is 2.23. The minimum absolute atomic E-state index is 0. The second-order valence-corrected chi connectivity index (χ2v) is 9.63. The molecule has 2 heteroatoms. The van der Waals surface area contributed by atoms with E-state index in [0.29, 0.717) is 5.92 Å². The Balaban J connectivity index is 0.000000249. The molecule has 4 aromatic rings. The monoisotopic (exact) mass is 498 g/mol. The summed E-state index contributed by atoms with van der Waals surface area (Å²) >= 11 is 0. The van der Waals surface area contributed by atoms with Crippen molar-refractivity contribution in [2.45, 2.75) is 26.7 Å². The molecule has 0 aliphatic rings. The van der Waals surface area contributed by atoms with Crippen molar-refractivity contribution in [3.8, 4) is 0 Å². The van der Waals surface area contributed by atoms with Gasteiger partial charge in [-0.1, -0.05) is 135 Å². The molecule has 4 rings (SSSR count). The summed E-state index contributed by atoms with van der Waals surface area (Å²) in [5.41, 5.74) is 2.76. The van der Waals surface area contributed by atoms with Gasteiger partial charge in [-0.05, 0) is 42.2 Å². The van der Waals surface area contributed by atoms with Crippen LogP contribution in [0.4, 0.5) is 0 Å². The van der Waals surface area contributed by atoms with Gasteiger partial charge in [-0.2, -0.15) is 0 Å². The Kier molecular flexibility index (Phi) is 10.2. The number of benzene rings is 4. The van der Waals surface area contributed by atoms with Crippen LogP contribution in [-0.4, -0.2) is 0 Å². The van der Waals surface area contributed by atoms with Crippen molar-refractivity contribution in [2.75, 3.05) is 0 Å². The van der Waals surface area contributed by atoms with E-state index in [2.05, 4.69) is 136 Å². The van der Waals surface area contributed by atoms with Crippen LogP contribution in [0.1, 0.15) is 30.9 Å². The molecule has 30 heavy (non-hydrogen) atoms. The molecular formula is C28H29PRu. The molecule has 0 radical (unpaired) electrons. The summed E-state index contributed by atoms with van der Waals surface area (Å²) in [5, 5.41) is 4.19. The number of aryl methyl sites for hydroxylation is 1. The first-order valence-electron chi connectivity index (χ1n) is 10.2. The van der Waals surface area contributed by atoms with Crippen LogP contribution in [-0.2, 0) is 19.5 Å². The Bertz CT molecular complexity index is 871. The van der Waals surface area contributed by atoms with E-state index in [0.717, 1.165) is 0 Å². The predicted octanol–water partition coefficient (Wildman–Crippen LogP) is 6.56. The molecule has 0 amide bonds. The molecule has 0 nitrogen and oxygen atoms in total. The summed E-state index contributed by atoms with van der Waals surface area (Å²) in [6, 6.07) is 41.0. The van der Waals surface area contributed by atoms with Crippen LogP contribution in [0.3, 0.4) is 0 Å². The van der Waals surface area contributed by atoms with Gasteiger partial charge >= 0.3 is 0 Å². The van der Waals surface area contributed by atoms with Crippen LogP contribution in [0.5, 0.6) is 0 Å². The maximum Gasteiger partial charge on any atom is 0 e. The van der Waals surface area contributed by atoms with Crippen molar-refractivity contribution in [1.82, 2.24) is 0 Å². The van der Waals surface area contributed by atoms with E-state index in [1.165, 1.54) is 27.0 Å². The Morgan fingerprint density at radius 1 is 0.500 bits per heavy atom. The van der Waals surface area contributed by atoms with Crippen LogP contribution in [0.25, 0.3) is 0 Å². The molecule has 0 aliphatic heterocycles. The largest absolute Gasteiger partial charge is 0.0622 e. The summed E-state index contributed by atoms with van der Waals surface area (Å²) in [7, 11) is -0.446. The van der Waals surface area contributed by atoms with E-state index < -0.39 is 7.92 Å². The SMILES string of the molecule is Cc1ccc(C(C)C)cc1.[Ru].c1ccc(P(c2ccccc2)c2ccccc2)cc1. The zero-order valence-corrected chi connectivity index (χ0v) is 20.5. The molecule has 0 N–H and O–H groups in total. The van der Waals surface area contributed by atoms with Crippen molar-refractivity contribution >= 4 is 23.8 Å². The quantitative estimate of drug-likeness (QED) is 0.221. The van der Waals surface area contributed by atoms with Gasteiger partial charge in [-0.25, -0.2) is 0 Å². The average Bonchev–Trinajstić information content (AvgIpc) is 2.77. The predicted molar refractivity (Wildman–Crippen MR) is 130 cm³/mol. The first-order valence-corrected chi connectivity index (χ1v) is 11.5. The maximum absolute atomic E-state index is 2.23. The van der Waals surface area contributed by atoms with E-state index in [9.17, 15) is 0 Å². The standard InChI is InChI=1S/C18H15P.C10H14.Ru/c1-4-10-16(11-5-1)19(17-12-6-2-7-13-17)18-14-8-3-9-15-18;1-8(2)10-6-4-9(3)5-7-10;/h1-15H;4-8H,1-3H3;. The van der Waals surface area contributed by atoms with Gasteiger partial charge in [0.25, 0.3) is 0 Å². The molecule has 0 bridgehead atoms. The van der Waals surface area contributed by atoms with Gasteiger partial charge in [0.1, 0.15) is 0 Å². The van der Waals surface area contributed by atoms with E-state index in [1.54, 1.807) is 0 Å². The average molecular weight is 498 g/mol. The van der Waals surface area contributed by atoms with E-state index in [4.69, 9.17) is 0 Å². The van der Waals surface area contributed by atoms with Gasteiger partial charge in [0.15, 0.2) is 0 Å². The van der Waals surface area contributed by atoms with E-state index in [-0.39, 0.29) is 19.5 Å². The topological polar surface area (TPSA) is 0 Å². The third-order valence-corrected chi connectivity index (χ3v) is 7.23. The number of hydrogen-bond donors (Lipinski definition) is 0. The van der Waals surface area contributed by atoms with Gasteiger partial charge in [-0.15, -0.1) is 0 Å². The summed E-state index contributed by atoms with van der Waals surface area (Å²) in [5.74, 6) is 0.653. The number of hydrogen-bond acceptors (Lipinski definition) is 0. The van der Waals surface area contributed by atoms with Crippen molar-refractivity contribution < 1.29 is 19.5 Å².